The molecular formula is C31H28N6O11. The van der Waals surface area contributed by atoms with Gasteiger partial charge in [-0.25, -0.2) is 24.5 Å². The van der Waals surface area contributed by atoms with E-state index >= 15 is 0 Å². The molecule has 17 heteroatoms. The minimum absolute atomic E-state index is 0.0295. The van der Waals surface area contributed by atoms with Gasteiger partial charge >= 0.3 is 17.6 Å². The number of amides is 2. The van der Waals surface area contributed by atoms with Gasteiger partial charge in [-0.2, -0.15) is 0 Å². The molecule has 0 spiro atoms. The lowest BCUT2D eigenvalue weighted by molar-refractivity contribution is -0.386. The maximum absolute atomic E-state index is 13.2. The molecule has 3 N–H and O–H groups in total. The molecule has 1 aromatic carbocycles. The summed E-state index contributed by atoms with van der Waals surface area (Å²) in [6.07, 6.45) is -0.451. The number of pyridine rings is 3. The first-order valence-electron chi connectivity index (χ1n) is 14.0. The zero-order chi connectivity index (χ0) is 34.8. The van der Waals surface area contributed by atoms with Gasteiger partial charge in [0.2, 0.25) is 11.8 Å². The Morgan fingerprint density at radius 3 is 1.94 bits per heavy atom. The van der Waals surface area contributed by atoms with Crippen LogP contribution in [0.1, 0.15) is 50.9 Å². The number of carbonyl (C=O) groups excluding carboxylic acids is 3. The summed E-state index contributed by atoms with van der Waals surface area (Å²) in [6, 6.07) is 16.3. The van der Waals surface area contributed by atoms with Crippen molar-refractivity contribution in [3.05, 3.63) is 99.5 Å². The Bertz CT molecular complexity index is 1850. The number of benzene rings is 1. The number of hydrogen-bond donors (Lipinski definition) is 3. The van der Waals surface area contributed by atoms with Crippen LogP contribution in [0.5, 0.6) is 17.6 Å². The topological polar surface area (TPSA) is 231 Å². The molecule has 4 rings (SSSR count). The number of carbonyl (C=O) groups is 4. The quantitative estimate of drug-likeness (QED) is 0.0989. The number of nitro groups is 1. The highest BCUT2D eigenvalue weighted by Crippen LogP contribution is 2.29. The van der Waals surface area contributed by atoms with Crippen LogP contribution in [-0.2, 0) is 16.1 Å². The SMILES string of the molecule is COC(=O)c1ccc(NC(=O)c2ccc(NC(=O)c3ccc([N+](=O)[O-])c(OCc4ccccc4)n3)c(OC(C)C)n2)c(OCC(=O)O)n1. The van der Waals surface area contributed by atoms with E-state index in [9.17, 15) is 29.3 Å². The van der Waals surface area contributed by atoms with Gasteiger partial charge in [-0.05, 0) is 49.7 Å². The van der Waals surface area contributed by atoms with Crippen molar-refractivity contribution in [2.75, 3.05) is 24.4 Å². The average Bonchev–Trinajstić information content (AvgIpc) is 3.07. The number of rotatable bonds is 14. The second kappa shape index (κ2) is 15.6. The van der Waals surface area contributed by atoms with Crippen molar-refractivity contribution in [1.29, 1.82) is 0 Å². The minimum Gasteiger partial charge on any atom is -0.479 e. The monoisotopic (exact) mass is 660 g/mol. The zero-order valence-corrected chi connectivity index (χ0v) is 25.7. The molecular weight excluding hydrogens is 632 g/mol. The van der Waals surface area contributed by atoms with E-state index in [0.29, 0.717) is 0 Å². The van der Waals surface area contributed by atoms with E-state index in [2.05, 4.69) is 30.3 Å². The van der Waals surface area contributed by atoms with E-state index in [4.69, 9.17) is 19.3 Å². The molecule has 0 aliphatic carbocycles. The third kappa shape index (κ3) is 8.96. The van der Waals surface area contributed by atoms with Crippen molar-refractivity contribution in [2.24, 2.45) is 0 Å². The lowest BCUT2D eigenvalue weighted by Crippen LogP contribution is -2.20. The van der Waals surface area contributed by atoms with Gasteiger partial charge in [-0.15, -0.1) is 0 Å². The van der Waals surface area contributed by atoms with E-state index in [-0.39, 0.29) is 52.7 Å². The Labute approximate surface area is 272 Å². The number of nitrogens with one attached hydrogen (secondary N) is 2. The van der Waals surface area contributed by atoms with Crippen LogP contribution in [0.15, 0.2) is 66.7 Å². The molecule has 0 saturated carbocycles. The molecule has 2 amide bonds. The fraction of sp³-hybridized carbons (Fsp3) is 0.194. The Morgan fingerprint density at radius 2 is 1.35 bits per heavy atom. The molecule has 0 saturated heterocycles. The van der Waals surface area contributed by atoms with Crippen LogP contribution in [0.25, 0.3) is 0 Å². The number of hydrogen-bond acceptors (Lipinski definition) is 13. The minimum atomic E-state index is -1.33. The zero-order valence-electron chi connectivity index (χ0n) is 25.7. The van der Waals surface area contributed by atoms with Crippen molar-refractivity contribution in [2.45, 2.75) is 26.6 Å². The fourth-order valence-electron chi connectivity index (χ4n) is 3.87. The van der Waals surface area contributed by atoms with Crippen LogP contribution in [0.4, 0.5) is 17.1 Å². The molecule has 0 unspecified atom stereocenters. The summed E-state index contributed by atoms with van der Waals surface area (Å²) >= 11 is 0. The first-order chi connectivity index (χ1) is 22.9. The van der Waals surface area contributed by atoms with Crippen molar-refractivity contribution in [3.8, 4) is 17.6 Å². The summed E-state index contributed by atoms with van der Waals surface area (Å²) in [6.45, 7) is 2.53. The summed E-state index contributed by atoms with van der Waals surface area (Å²) < 4.78 is 21.1. The van der Waals surface area contributed by atoms with Gasteiger partial charge in [-0.3, -0.25) is 19.7 Å². The van der Waals surface area contributed by atoms with Gasteiger partial charge in [0.15, 0.2) is 12.3 Å². The highest BCUT2D eigenvalue weighted by Gasteiger charge is 2.23. The molecule has 0 radical (unpaired) electrons. The van der Waals surface area contributed by atoms with E-state index < -0.39 is 47.1 Å². The van der Waals surface area contributed by atoms with E-state index in [0.717, 1.165) is 24.8 Å². The van der Waals surface area contributed by atoms with Crippen LogP contribution >= 0.6 is 0 Å². The van der Waals surface area contributed by atoms with Crippen LogP contribution in [0.2, 0.25) is 0 Å². The average molecular weight is 661 g/mol. The summed E-state index contributed by atoms with van der Waals surface area (Å²) in [5, 5.41) is 25.6. The number of esters is 1. The molecule has 0 bridgehead atoms. The fourth-order valence-corrected chi connectivity index (χ4v) is 3.87. The summed E-state index contributed by atoms with van der Waals surface area (Å²) in [7, 11) is 1.13. The molecule has 17 nitrogen and oxygen atoms in total. The Kier molecular flexibility index (Phi) is 11.1. The van der Waals surface area contributed by atoms with Crippen molar-refractivity contribution in [1.82, 2.24) is 15.0 Å². The highest BCUT2D eigenvalue weighted by atomic mass is 16.6. The number of aliphatic carboxylic acids is 1. The third-order valence-corrected chi connectivity index (χ3v) is 6.01. The third-order valence-electron chi connectivity index (χ3n) is 6.01. The van der Waals surface area contributed by atoms with Crippen molar-refractivity contribution in [3.63, 3.8) is 0 Å². The normalized spacial score (nSPS) is 10.5. The van der Waals surface area contributed by atoms with Crippen LogP contribution in [0.3, 0.4) is 0 Å². The lowest BCUT2D eigenvalue weighted by atomic mass is 10.2. The van der Waals surface area contributed by atoms with Crippen molar-refractivity contribution < 1.29 is 48.2 Å². The second-order valence-corrected chi connectivity index (χ2v) is 9.90. The van der Waals surface area contributed by atoms with Gasteiger partial charge in [0.1, 0.15) is 29.4 Å². The van der Waals surface area contributed by atoms with Gasteiger partial charge in [-0.1, -0.05) is 30.3 Å². The van der Waals surface area contributed by atoms with Crippen LogP contribution < -0.4 is 24.8 Å². The first kappa shape index (κ1) is 34.2. The van der Waals surface area contributed by atoms with Crippen molar-refractivity contribution >= 4 is 40.8 Å². The van der Waals surface area contributed by atoms with Gasteiger partial charge in [0.25, 0.3) is 17.7 Å². The number of carboxylic acid groups (broad SMARTS) is 1. The Morgan fingerprint density at radius 1 is 0.792 bits per heavy atom. The van der Waals surface area contributed by atoms with E-state index in [1.54, 1.807) is 44.2 Å². The standard InChI is InChI=1S/C31H28N6O11/c1-17(2)48-29-22(33-27(41)20-13-14-24(37(43)44)30(35-20)46-15-18-7-5-4-6-8-18)10-9-19(34-29)26(40)32-21-11-12-23(31(42)45-3)36-28(21)47-16-25(38)39/h4-14,17H,15-16H2,1-3H3,(H,32,40)(H,33,41)(H,38,39). The molecule has 0 aliphatic heterocycles. The Hall–Kier alpha value is -6.65. The maximum atomic E-state index is 13.2. The molecule has 248 valence electrons. The lowest BCUT2D eigenvalue weighted by Gasteiger charge is -2.16. The maximum Gasteiger partial charge on any atom is 0.356 e. The first-order valence-corrected chi connectivity index (χ1v) is 14.0. The molecule has 0 aliphatic rings. The molecule has 3 aromatic heterocycles. The number of aromatic nitrogens is 3. The molecule has 3 heterocycles. The largest absolute Gasteiger partial charge is 0.479 e. The van der Waals surface area contributed by atoms with E-state index in [1.807, 2.05) is 0 Å². The van der Waals surface area contributed by atoms with Gasteiger partial charge in [0.05, 0.1) is 18.1 Å². The summed E-state index contributed by atoms with van der Waals surface area (Å²) in [5.74, 6) is -4.59. The number of nitrogens with zero attached hydrogens (tertiary/aromatic N) is 4. The smallest absolute Gasteiger partial charge is 0.356 e. The summed E-state index contributed by atoms with van der Waals surface area (Å²) in [4.78, 5) is 72.4. The molecule has 0 fully saturated rings. The number of methoxy groups -OCH3 is 1. The Balaban J connectivity index is 1.57. The van der Waals surface area contributed by atoms with Gasteiger partial charge in [0, 0.05) is 6.07 Å². The van der Waals surface area contributed by atoms with Crippen LogP contribution in [0, 0.1) is 10.1 Å². The highest BCUT2D eigenvalue weighted by molar-refractivity contribution is 6.06. The van der Waals surface area contributed by atoms with Crippen LogP contribution in [-0.4, -0.2) is 68.6 Å². The predicted molar refractivity (Wildman–Crippen MR) is 166 cm³/mol. The number of ether oxygens (including phenoxy) is 4. The van der Waals surface area contributed by atoms with Gasteiger partial charge < -0.3 is 34.7 Å². The summed E-state index contributed by atoms with van der Waals surface area (Å²) in [5.41, 5.74) is -0.324. The predicted octanol–water partition coefficient (Wildman–Crippen LogP) is 3.90. The van der Waals surface area contributed by atoms with E-state index in [1.165, 1.54) is 24.3 Å². The molecule has 4 aromatic rings. The number of carboxylic acids is 1. The molecule has 48 heavy (non-hydrogen) atoms. The second-order valence-electron chi connectivity index (χ2n) is 9.90. The molecule has 0 atom stereocenters. The number of anilines is 2.